The van der Waals surface area contributed by atoms with E-state index in [1.165, 1.54) is 30.5 Å². The normalized spacial score (nSPS) is 30.3. The van der Waals surface area contributed by atoms with Crippen LogP contribution in [0.4, 0.5) is 5.69 Å². The molecule has 0 radical (unpaired) electrons. The van der Waals surface area contributed by atoms with Crippen LogP contribution in [0, 0.1) is 11.3 Å². The maximum atomic E-state index is 6.09. The van der Waals surface area contributed by atoms with Crippen molar-refractivity contribution < 1.29 is 0 Å². The van der Waals surface area contributed by atoms with Crippen molar-refractivity contribution in [3.05, 3.63) is 29.3 Å². The zero-order valence-electron chi connectivity index (χ0n) is 12.4. The van der Waals surface area contributed by atoms with Gasteiger partial charge in [-0.25, -0.2) is 0 Å². The van der Waals surface area contributed by atoms with Crippen molar-refractivity contribution in [2.45, 2.75) is 52.6 Å². The largest absolute Gasteiger partial charge is 0.398 e. The Balaban J connectivity index is 1.79. The highest BCUT2D eigenvalue weighted by Crippen LogP contribution is 2.44. The minimum Gasteiger partial charge on any atom is -0.398 e. The van der Waals surface area contributed by atoms with E-state index < -0.39 is 0 Å². The topological polar surface area (TPSA) is 29.3 Å². The monoisotopic (exact) mass is 258 g/mol. The second kappa shape index (κ2) is 4.52. The number of anilines is 1. The molecule has 2 N–H and O–H groups in total. The van der Waals surface area contributed by atoms with E-state index >= 15 is 0 Å². The number of nitrogens with zero attached hydrogens (tertiary/aromatic N) is 1. The predicted octanol–water partition coefficient (Wildman–Crippen LogP) is 3.45. The zero-order chi connectivity index (χ0) is 13.6. The summed E-state index contributed by atoms with van der Waals surface area (Å²) in [6, 6.07) is 7.14. The molecule has 3 rings (SSSR count). The van der Waals surface area contributed by atoms with Crippen molar-refractivity contribution >= 4 is 5.69 Å². The third-order valence-electron chi connectivity index (χ3n) is 5.09. The maximum Gasteiger partial charge on any atom is 0.0350 e. The Labute approximate surface area is 117 Å². The van der Waals surface area contributed by atoms with E-state index in [1.807, 2.05) is 6.07 Å². The molecular formula is C17H26N2. The van der Waals surface area contributed by atoms with Crippen molar-refractivity contribution in [2.24, 2.45) is 11.3 Å². The smallest absolute Gasteiger partial charge is 0.0350 e. The lowest BCUT2D eigenvalue weighted by atomic mass is 9.90. The van der Waals surface area contributed by atoms with Gasteiger partial charge in [0.2, 0.25) is 0 Å². The molecule has 0 saturated heterocycles. The van der Waals surface area contributed by atoms with Gasteiger partial charge in [0.1, 0.15) is 0 Å². The summed E-state index contributed by atoms with van der Waals surface area (Å²) in [4.78, 5) is 2.70. The second-order valence-corrected chi connectivity index (χ2v) is 7.32. The molecule has 0 aromatic heterocycles. The Kier molecular flexibility index (Phi) is 3.09. The van der Waals surface area contributed by atoms with Crippen LogP contribution in [0.15, 0.2) is 18.2 Å². The lowest BCUT2D eigenvalue weighted by Gasteiger charge is -2.36. The molecule has 1 aliphatic heterocycles. The average molecular weight is 258 g/mol. The number of hydrogen-bond acceptors (Lipinski definition) is 2. The van der Waals surface area contributed by atoms with Gasteiger partial charge in [0.25, 0.3) is 0 Å². The van der Waals surface area contributed by atoms with Crippen LogP contribution in [0.2, 0.25) is 0 Å². The lowest BCUT2D eigenvalue weighted by molar-refractivity contribution is 0.146. The molecule has 1 heterocycles. The van der Waals surface area contributed by atoms with E-state index in [0.717, 1.165) is 30.6 Å². The minimum atomic E-state index is 0.514. The fraction of sp³-hybridized carbons (Fsp3) is 0.647. The summed E-state index contributed by atoms with van der Waals surface area (Å²) in [6.07, 6.45) is 3.81. The van der Waals surface area contributed by atoms with Gasteiger partial charge in [0, 0.05) is 24.8 Å². The van der Waals surface area contributed by atoms with E-state index in [0.29, 0.717) is 5.41 Å². The second-order valence-electron chi connectivity index (χ2n) is 7.32. The first kappa shape index (κ1) is 13.0. The molecule has 2 heteroatoms. The molecule has 1 aromatic rings. The van der Waals surface area contributed by atoms with Gasteiger partial charge >= 0.3 is 0 Å². The SMILES string of the molecule is CC1CC(C)(C)CC1N1CCc2c(N)cccc2C1. The highest BCUT2D eigenvalue weighted by atomic mass is 15.2. The van der Waals surface area contributed by atoms with Crippen molar-refractivity contribution in [3.8, 4) is 0 Å². The molecule has 1 fully saturated rings. The maximum absolute atomic E-state index is 6.09. The van der Waals surface area contributed by atoms with Gasteiger partial charge in [-0.3, -0.25) is 4.90 Å². The van der Waals surface area contributed by atoms with E-state index in [2.05, 4.69) is 37.8 Å². The number of fused-ring (bicyclic) bond motifs is 1. The van der Waals surface area contributed by atoms with Crippen LogP contribution in [0.1, 0.15) is 44.7 Å². The molecule has 1 saturated carbocycles. The Morgan fingerprint density at radius 1 is 1.26 bits per heavy atom. The van der Waals surface area contributed by atoms with Crippen LogP contribution in [0.5, 0.6) is 0 Å². The van der Waals surface area contributed by atoms with Crippen molar-refractivity contribution in [1.82, 2.24) is 4.90 Å². The Bertz CT molecular complexity index is 478. The van der Waals surface area contributed by atoms with E-state index in [4.69, 9.17) is 5.73 Å². The van der Waals surface area contributed by atoms with E-state index in [1.54, 1.807) is 0 Å². The Morgan fingerprint density at radius 2 is 2.05 bits per heavy atom. The summed E-state index contributed by atoms with van der Waals surface area (Å²) in [6.45, 7) is 9.52. The van der Waals surface area contributed by atoms with Gasteiger partial charge in [0.05, 0.1) is 0 Å². The van der Waals surface area contributed by atoms with Gasteiger partial charge in [-0.05, 0) is 47.8 Å². The fourth-order valence-corrected chi connectivity index (χ4v) is 4.29. The Hall–Kier alpha value is -1.02. The fourth-order valence-electron chi connectivity index (χ4n) is 4.29. The molecule has 0 bridgehead atoms. The van der Waals surface area contributed by atoms with Gasteiger partial charge in [-0.2, -0.15) is 0 Å². The number of rotatable bonds is 1. The highest BCUT2D eigenvalue weighted by molar-refractivity contribution is 5.51. The first-order valence-electron chi connectivity index (χ1n) is 7.56. The molecule has 2 unspecified atom stereocenters. The van der Waals surface area contributed by atoms with Gasteiger partial charge < -0.3 is 5.73 Å². The number of nitrogens with two attached hydrogens (primary N) is 1. The van der Waals surface area contributed by atoms with E-state index in [9.17, 15) is 0 Å². The summed E-state index contributed by atoms with van der Waals surface area (Å²) in [5.41, 5.74) is 10.4. The van der Waals surface area contributed by atoms with Gasteiger partial charge in [0.15, 0.2) is 0 Å². The predicted molar refractivity (Wildman–Crippen MR) is 80.9 cm³/mol. The molecule has 1 aromatic carbocycles. The summed E-state index contributed by atoms with van der Waals surface area (Å²) in [7, 11) is 0. The van der Waals surface area contributed by atoms with Crippen molar-refractivity contribution in [1.29, 1.82) is 0 Å². The molecule has 0 spiro atoms. The van der Waals surface area contributed by atoms with E-state index in [-0.39, 0.29) is 0 Å². The standard InChI is InChI=1S/C17H26N2/c1-12-9-17(2,3)10-16(12)19-8-7-14-13(11-19)5-4-6-15(14)18/h4-6,12,16H,7-11,18H2,1-3H3. The first-order chi connectivity index (χ1) is 8.96. The molecule has 19 heavy (non-hydrogen) atoms. The number of hydrogen-bond donors (Lipinski definition) is 1. The molecule has 1 aliphatic carbocycles. The third-order valence-corrected chi connectivity index (χ3v) is 5.09. The molecular weight excluding hydrogens is 232 g/mol. The lowest BCUT2D eigenvalue weighted by Crippen LogP contribution is -2.41. The van der Waals surface area contributed by atoms with Crippen LogP contribution < -0.4 is 5.73 Å². The van der Waals surface area contributed by atoms with Crippen molar-refractivity contribution in [3.63, 3.8) is 0 Å². The quantitative estimate of drug-likeness (QED) is 0.782. The van der Waals surface area contributed by atoms with Crippen LogP contribution in [0.25, 0.3) is 0 Å². The van der Waals surface area contributed by atoms with Crippen LogP contribution >= 0.6 is 0 Å². The molecule has 2 nitrogen and oxygen atoms in total. The summed E-state index contributed by atoms with van der Waals surface area (Å²) in [5.74, 6) is 0.817. The number of nitrogen functional groups attached to an aromatic ring is 1. The molecule has 0 amide bonds. The van der Waals surface area contributed by atoms with Crippen LogP contribution in [0.3, 0.4) is 0 Å². The molecule has 2 atom stereocenters. The molecule has 104 valence electrons. The first-order valence-corrected chi connectivity index (χ1v) is 7.56. The van der Waals surface area contributed by atoms with Crippen LogP contribution in [-0.4, -0.2) is 17.5 Å². The molecule has 2 aliphatic rings. The van der Waals surface area contributed by atoms with Crippen molar-refractivity contribution in [2.75, 3.05) is 12.3 Å². The highest BCUT2D eigenvalue weighted by Gasteiger charge is 2.40. The zero-order valence-corrected chi connectivity index (χ0v) is 12.4. The Morgan fingerprint density at radius 3 is 2.74 bits per heavy atom. The van der Waals surface area contributed by atoms with Crippen LogP contribution in [-0.2, 0) is 13.0 Å². The summed E-state index contributed by atoms with van der Waals surface area (Å²) >= 11 is 0. The van der Waals surface area contributed by atoms with Gasteiger partial charge in [-0.15, -0.1) is 0 Å². The number of benzene rings is 1. The third kappa shape index (κ3) is 2.38. The minimum absolute atomic E-state index is 0.514. The summed E-state index contributed by atoms with van der Waals surface area (Å²) in [5, 5.41) is 0. The average Bonchev–Trinajstić information content (AvgIpc) is 2.63. The summed E-state index contributed by atoms with van der Waals surface area (Å²) < 4.78 is 0. The van der Waals surface area contributed by atoms with Gasteiger partial charge in [-0.1, -0.05) is 32.9 Å².